The van der Waals surface area contributed by atoms with Crippen LogP contribution in [-0.2, 0) is 14.4 Å². The number of anilines is 1. The quantitative estimate of drug-likeness (QED) is 0.185. The van der Waals surface area contributed by atoms with E-state index in [9.17, 15) is 39.3 Å². The molecule has 0 aromatic heterocycles. The maximum Gasteiger partial charge on any atom is 0.276 e. The highest BCUT2D eigenvalue weighted by Crippen LogP contribution is 2.50. The number of benzene rings is 2. The molecule has 12 heteroatoms. The predicted molar refractivity (Wildman–Crippen MR) is 139 cm³/mol. The summed E-state index contributed by atoms with van der Waals surface area (Å²) in [5.74, 6) is -7.58. The van der Waals surface area contributed by atoms with Gasteiger partial charge in [-0.05, 0) is 48.7 Å². The molecule has 39 heavy (non-hydrogen) atoms. The molecule has 0 spiro atoms. The summed E-state index contributed by atoms with van der Waals surface area (Å²) in [4.78, 5) is 66.3. The van der Waals surface area contributed by atoms with Gasteiger partial charge in [0.1, 0.15) is 17.1 Å². The lowest BCUT2D eigenvalue weighted by atomic mass is 9.61. The molecule has 3 amide bonds. The van der Waals surface area contributed by atoms with E-state index in [-0.39, 0.29) is 35.4 Å². The van der Waals surface area contributed by atoms with Gasteiger partial charge in [0.25, 0.3) is 11.8 Å². The van der Waals surface area contributed by atoms with E-state index < -0.39 is 70.5 Å². The molecular weight excluding hydrogens is 526 g/mol. The number of carbonyl (C=O) groups is 5. The lowest BCUT2D eigenvalue weighted by molar-refractivity contribution is -0.126. The first-order chi connectivity index (χ1) is 18.5. The molecule has 5 unspecified atom stereocenters. The van der Waals surface area contributed by atoms with Crippen LogP contribution in [-0.4, -0.2) is 56.8 Å². The zero-order valence-electron chi connectivity index (χ0n) is 20.6. The third kappa shape index (κ3) is 4.35. The predicted octanol–water partition coefficient (Wildman–Crippen LogP) is 1.46. The number of nitrogens with one attached hydrogen (secondary N) is 2. The highest BCUT2D eigenvalue weighted by molar-refractivity contribution is 7.80. The Bertz CT molecular complexity index is 1450. The van der Waals surface area contributed by atoms with Crippen LogP contribution in [0.15, 0.2) is 58.7 Å². The summed E-state index contributed by atoms with van der Waals surface area (Å²) in [5.41, 5.74) is 3.97. The summed E-state index contributed by atoms with van der Waals surface area (Å²) >= 11 is 4.14. The van der Waals surface area contributed by atoms with Crippen molar-refractivity contribution in [2.75, 3.05) is 4.90 Å². The molecule has 2 aromatic carbocycles. The van der Waals surface area contributed by atoms with Gasteiger partial charge < -0.3 is 20.2 Å². The fourth-order valence-electron chi connectivity index (χ4n) is 6.01. The number of hydrogen-bond donors (Lipinski definition) is 6. The Morgan fingerprint density at radius 3 is 2.31 bits per heavy atom. The number of phenolic OH excluding ortho intramolecular Hbond substituents is 1. The summed E-state index contributed by atoms with van der Waals surface area (Å²) in [6.07, 6.45) is -1.71. The van der Waals surface area contributed by atoms with Crippen LogP contribution in [0.2, 0.25) is 0 Å². The second kappa shape index (κ2) is 9.86. The van der Waals surface area contributed by atoms with Crippen LogP contribution in [0.3, 0.4) is 0 Å². The maximum atomic E-state index is 13.5. The van der Waals surface area contributed by atoms with Crippen molar-refractivity contribution in [3.8, 4) is 5.75 Å². The number of thiol groups is 1. The summed E-state index contributed by atoms with van der Waals surface area (Å²) in [6, 6.07) is 9.62. The highest BCUT2D eigenvalue weighted by atomic mass is 32.1. The summed E-state index contributed by atoms with van der Waals surface area (Å²) in [7, 11) is 0. The van der Waals surface area contributed by atoms with Gasteiger partial charge in [-0.2, -0.15) is 0 Å². The zero-order valence-corrected chi connectivity index (χ0v) is 21.5. The smallest absolute Gasteiger partial charge is 0.276 e. The van der Waals surface area contributed by atoms with Gasteiger partial charge in [-0.25, -0.2) is 0 Å². The van der Waals surface area contributed by atoms with Crippen molar-refractivity contribution in [2.45, 2.75) is 36.8 Å². The van der Waals surface area contributed by atoms with E-state index in [0.29, 0.717) is 4.90 Å². The van der Waals surface area contributed by atoms with Crippen molar-refractivity contribution in [1.82, 2.24) is 10.9 Å². The summed E-state index contributed by atoms with van der Waals surface area (Å²) in [5, 5.41) is 32.8. The number of aliphatic hydroxyl groups is 2. The first-order valence-electron chi connectivity index (χ1n) is 12.2. The van der Waals surface area contributed by atoms with Gasteiger partial charge in [0.05, 0.1) is 23.3 Å². The molecule has 1 heterocycles. The highest BCUT2D eigenvalue weighted by Gasteiger charge is 2.57. The molecule has 1 fully saturated rings. The number of phenols is 1. The number of ketones is 2. The lowest BCUT2D eigenvalue weighted by Crippen LogP contribution is -2.61. The first kappa shape index (κ1) is 26.4. The molecule has 3 aliphatic rings. The van der Waals surface area contributed by atoms with Crippen molar-refractivity contribution in [1.29, 1.82) is 0 Å². The lowest BCUT2D eigenvalue weighted by Gasteiger charge is -2.51. The number of aliphatic hydroxyl groups excluding tert-OH is 2. The third-order valence-electron chi connectivity index (χ3n) is 7.65. The first-order valence-corrected chi connectivity index (χ1v) is 12.7. The van der Waals surface area contributed by atoms with E-state index in [0.717, 1.165) is 0 Å². The van der Waals surface area contributed by atoms with Gasteiger partial charge in [-0.1, -0.05) is 6.07 Å². The molecule has 5 rings (SSSR count). The van der Waals surface area contributed by atoms with Crippen LogP contribution in [0.25, 0.3) is 0 Å². The van der Waals surface area contributed by atoms with E-state index in [2.05, 4.69) is 23.5 Å². The second-order valence-corrected chi connectivity index (χ2v) is 10.4. The van der Waals surface area contributed by atoms with Gasteiger partial charge >= 0.3 is 0 Å². The van der Waals surface area contributed by atoms with E-state index in [1.54, 1.807) is 12.1 Å². The molecule has 1 aliphatic heterocycles. The maximum absolute atomic E-state index is 13.5. The molecule has 2 aromatic rings. The van der Waals surface area contributed by atoms with Crippen LogP contribution in [0.4, 0.5) is 5.69 Å². The van der Waals surface area contributed by atoms with Crippen molar-refractivity contribution >= 4 is 47.6 Å². The third-order valence-corrected chi connectivity index (χ3v) is 7.95. The summed E-state index contributed by atoms with van der Waals surface area (Å²) in [6.45, 7) is 1.30. The SMILES string of the molecule is CC(=O)N1c2cccc(O)c2C(=O)C2C(O)C3C(O)=C(C(=O)NNC(=O)c4ccc(S)cc4)C(=O)CC3CC21. The molecule has 5 N–H and O–H groups in total. The zero-order chi connectivity index (χ0) is 28.2. The van der Waals surface area contributed by atoms with E-state index in [4.69, 9.17) is 0 Å². The molecule has 0 radical (unpaired) electrons. The number of amides is 3. The molecule has 2 aliphatic carbocycles. The minimum absolute atomic E-state index is 0.0926. The fraction of sp³-hybridized carbons (Fsp3) is 0.296. The monoisotopic (exact) mass is 551 g/mol. The van der Waals surface area contributed by atoms with Gasteiger partial charge in [0.2, 0.25) is 5.91 Å². The normalized spacial score (nSPS) is 25.8. The number of Topliss-reactive ketones (excluding diaryl/α,β-unsaturated/α-hetero) is 2. The standard InChI is InChI=1S/C27H25N3O8S/c1-11(31)30-15-3-2-4-17(32)20(15)25(36)21-16(30)9-13-10-18(33)22(24(35)19(13)23(21)34)27(38)29-28-26(37)12-5-7-14(39)8-6-12/h2-8,13,16,19,21,23,32,34-35,39H,9-10H2,1H3,(H,28,37)(H,29,38). The topological polar surface area (TPSA) is 173 Å². The second-order valence-electron chi connectivity index (χ2n) is 9.87. The summed E-state index contributed by atoms with van der Waals surface area (Å²) < 4.78 is 0. The number of fused-ring (bicyclic) bond motifs is 3. The van der Waals surface area contributed by atoms with Crippen LogP contribution < -0.4 is 15.8 Å². The van der Waals surface area contributed by atoms with Gasteiger partial charge in [0.15, 0.2) is 11.6 Å². The largest absolute Gasteiger partial charge is 0.511 e. The Morgan fingerprint density at radius 2 is 1.64 bits per heavy atom. The number of rotatable bonds is 2. The molecule has 11 nitrogen and oxygen atoms in total. The average molecular weight is 552 g/mol. The van der Waals surface area contributed by atoms with Crippen LogP contribution in [0.1, 0.15) is 40.5 Å². The minimum Gasteiger partial charge on any atom is -0.511 e. The average Bonchev–Trinajstić information content (AvgIpc) is 2.87. The Morgan fingerprint density at radius 1 is 0.974 bits per heavy atom. The van der Waals surface area contributed by atoms with E-state index in [1.807, 2.05) is 0 Å². The molecule has 0 bridgehead atoms. The van der Waals surface area contributed by atoms with Crippen molar-refractivity contribution in [3.05, 3.63) is 64.9 Å². The van der Waals surface area contributed by atoms with E-state index >= 15 is 0 Å². The van der Waals surface area contributed by atoms with Crippen molar-refractivity contribution in [2.24, 2.45) is 17.8 Å². The molecular formula is C27H25N3O8S. The Kier molecular flexibility index (Phi) is 6.69. The number of hydrazine groups is 1. The minimum atomic E-state index is -1.57. The Labute approximate surface area is 227 Å². The molecule has 202 valence electrons. The van der Waals surface area contributed by atoms with Gasteiger partial charge in [-0.15, -0.1) is 12.6 Å². The number of nitrogens with zero attached hydrogens (tertiary/aromatic N) is 1. The number of aromatic hydroxyl groups is 1. The van der Waals surface area contributed by atoms with Gasteiger partial charge in [0, 0.05) is 35.8 Å². The van der Waals surface area contributed by atoms with E-state index in [1.165, 1.54) is 42.2 Å². The van der Waals surface area contributed by atoms with Crippen LogP contribution in [0.5, 0.6) is 5.75 Å². The number of hydrogen-bond acceptors (Lipinski definition) is 9. The molecule has 1 saturated carbocycles. The van der Waals surface area contributed by atoms with Gasteiger partial charge in [-0.3, -0.25) is 34.8 Å². The van der Waals surface area contributed by atoms with Crippen LogP contribution >= 0.6 is 12.6 Å². The Balaban J connectivity index is 1.44. The Hall–Kier alpha value is -4.16. The van der Waals surface area contributed by atoms with Crippen LogP contribution in [0, 0.1) is 17.8 Å². The molecule has 0 saturated heterocycles. The molecule has 5 atom stereocenters. The number of carbonyl (C=O) groups excluding carboxylic acids is 5. The van der Waals surface area contributed by atoms with Crippen molar-refractivity contribution in [3.63, 3.8) is 0 Å². The van der Waals surface area contributed by atoms with Crippen molar-refractivity contribution < 1.29 is 39.3 Å². The fourth-order valence-corrected chi connectivity index (χ4v) is 6.16.